The SMILES string of the molecule is CCCCCCN1CCN(Cc2ccc(NC(N)=S)cc2)C(=O)C1=O. The lowest BCUT2D eigenvalue weighted by Gasteiger charge is -2.33. The third-order valence-electron chi connectivity index (χ3n) is 4.27. The van der Waals surface area contributed by atoms with Crippen molar-refractivity contribution < 1.29 is 9.59 Å². The van der Waals surface area contributed by atoms with Crippen molar-refractivity contribution in [2.45, 2.75) is 39.2 Å². The maximum atomic E-state index is 12.3. The molecule has 1 fully saturated rings. The number of carbonyl (C=O) groups is 2. The van der Waals surface area contributed by atoms with E-state index in [-0.39, 0.29) is 11.0 Å². The molecule has 3 N–H and O–H groups in total. The molecule has 0 saturated carbocycles. The Labute approximate surface area is 154 Å². The van der Waals surface area contributed by atoms with Crippen molar-refractivity contribution in [2.24, 2.45) is 5.73 Å². The molecule has 25 heavy (non-hydrogen) atoms. The van der Waals surface area contributed by atoms with Gasteiger partial charge in [-0.3, -0.25) is 9.59 Å². The van der Waals surface area contributed by atoms with Crippen LogP contribution in [0.15, 0.2) is 24.3 Å². The second kappa shape index (κ2) is 9.36. The zero-order chi connectivity index (χ0) is 18.2. The van der Waals surface area contributed by atoms with Gasteiger partial charge in [-0.15, -0.1) is 0 Å². The fourth-order valence-corrected chi connectivity index (χ4v) is 2.98. The Morgan fingerprint density at radius 2 is 1.72 bits per heavy atom. The normalized spacial score (nSPS) is 14.8. The van der Waals surface area contributed by atoms with Gasteiger partial charge < -0.3 is 20.9 Å². The van der Waals surface area contributed by atoms with Gasteiger partial charge in [0.1, 0.15) is 0 Å². The Balaban J connectivity index is 1.86. The van der Waals surface area contributed by atoms with Gasteiger partial charge in [0, 0.05) is 31.9 Å². The van der Waals surface area contributed by atoms with Gasteiger partial charge in [0.2, 0.25) is 0 Å². The average molecular weight is 362 g/mol. The number of nitrogens with one attached hydrogen (secondary N) is 1. The summed E-state index contributed by atoms with van der Waals surface area (Å²) in [5, 5.41) is 3.07. The summed E-state index contributed by atoms with van der Waals surface area (Å²) in [6.07, 6.45) is 4.39. The number of nitrogens with two attached hydrogens (primary N) is 1. The lowest BCUT2D eigenvalue weighted by atomic mass is 10.1. The van der Waals surface area contributed by atoms with Crippen LogP contribution in [0, 0.1) is 0 Å². The highest BCUT2D eigenvalue weighted by atomic mass is 32.1. The molecule has 0 radical (unpaired) electrons. The molecule has 0 unspecified atom stereocenters. The Hall–Kier alpha value is -2.15. The van der Waals surface area contributed by atoms with Crippen molar-refractivity contribution in [3.8, 4) is 0 Å². The minimum Gasteiger partial charge on any atom is -0.376 e. The predicted octanol–water partition coefficient (Wildman–Crippen LogP) is 2.09. The molecule has 1 heterocycles. The molecule has 136 valence electrons. The summed E-state index contributed by atoms with van der Waals surface area (Å²) in [7, 11) is 0. The molecule has 2 amide bonds. The van der Waals surface area contributed by atoms with E-state index in [1.54, 1.807) is 9.80 Å². The van der Waals surface area contributed by atoms with Gasteiger partial charge in [-0.05, 0) is 36.3 Å². The first-order valence-electron chi connectivity index (χ1n) is 8.75. The van der Waals surface area contributed by atoms with Crippen LogP contribution in [0.1, 0.15) is 38.2 Å². The lowest BCUT2D eigenvalue weighted by molar-refractivity contribution is -0.156. The number of thiocarbonyl (C=S) groups is 1. The van der Waals surface area contributed by atoms with Gasteiger partial charge in [-0.1, -0.05) is 38.3 Å². The second-order valence-corrected chi connectivity index (χ2v) is 6.71. The van der Waals surface area contributed by atoms with E-state index in [1.165, 1.54) is 6.42 Å². The van der Waals surface area contributed by atoms with E-state index in [0.29, 0.717) is 26.2 Å². The maximum Gasteiger partial charge on any atom is 0.312 e. The van der Waals surface area contributed by atoms with Crippen LogP contribution in [-0.4, -0.2) is 46.4 Å². The summed E-state index contributed by atoms with van der Waals surface area (Å²) in [6, 6.07) is 7.50. The van der Waals surface area contributed by atoms with Crippen LogP contribution in [0.25, 0.3) is 0 Å². The third-order valence-corrected chi connectivity index (χ3v) is 4.38. The van der Waals surface area contributed by atoms with Crippen LogP contribution in [0.5, 0.6) is 0 Å². The largest absolute Gasteiger partial charge is 0.376 e. The summed E-state index contributed by atoms with van der Waals surface area (Å²) in [4.78, 5) is 27.9. The van der Waals surface area contributed by atoms with E-state index < -0.39 is 5.91 Å². The zero-order valence-corrected chi connectivity index (χ0v) is 15.5. The number of carbonyl (C=O) groups excluding carboxylic acids is 2. The smallest absolute Gasteiger partial charge is 0.312 e. The van der Waals surface area contributed by atoms with Crippen LogP contribution in [0.3, 0.4) is 0 Å². The van der Waals surface area contributed by atoms with Gasteiger partial charge in [0.05, 0.1) is 0 Å². The highest BCUT2D eigenvalue weighted by molar-refractivity contribution is 7.80. The Morgan fingerprint density at radius 3 is 2.36 bits per heavy atom. The molecule has 1 aromatic rings. The Kier molecular flexibility index (Phi) is 7.18. The number of hydrogen-bond acceptors (Lipinski definition) is 3. The number of amides is 2. The van der Waals surface area contributed by atoms with Crippen molar-refractivity contribution in [2.75, 3.05) is 25.0 Å². The minimum absolute atomic E-state index is 0.212. The highest BCUT2D eigenvalue weighted by Gasteiger charge is 2.31. The zero-order valence-electron chi connectivity index (χ0n) is 14.7. The van der Waals surface area contributed by atoms with E-state index in [4.69, 9.17) is 18.0 Å². The molecule has 1 saturated heterocycles. The van der Waals surface area contributed by atoms with Crippen molar-refractivity contribution in [3.05, 3.63) is 29.8 Å². The summed E-state index contributed by atoms with van der Waals surface area (Å²) >= 11 is 4.80. The monoisotopic (exact) mass is 362 g/mol. The highest BCUT2D eigenvalue weighted by Crippen LogP contribution is 2.14. The van der Waals surface area contributed by atoms with Crippen LogP contribution < -0.4 is 11.1 Å². The molecule has 1 aliphatic rings. The summed E-state index contributed by atoms with van der Waals surface area (Å²) in [5.41, 5.74) is 7.20. The van der Waals surface area contributed by atoms with Gasteiger partial charge >= 0.3 is 11.8 Å². The standard InChI is InChI=1S/C18H26N4O2S/c1-2-3-4-5-10-21-11-12-22(17(24)16(21)23)13-14-6-8-15(9-7-14)20-18(19)25/h6-9H,2-5,10-13H2,1H3,(H3,19,20,25). The van der Waals surface area contributed by atoms with E-state index in [0.717, 1.165) is 30.5 Å². The first-order valence-corrected chi connectivity index (χ1v) is 9.15. The molecule has 0 bridgehead atoms. The number of unbranched alkanes of at least 4 members (excludes halogenated alkanes) is 3. The van der Waals surface area contributed by atoms with Gasteiger partial charge in [0.25, 0.3) is 0 Å². The lowest BCUT2D eigenvalue weighted by Crippen LogP contribution is -2.54. The van der Waals surface area contributed by atoms with E-state index in [2.05, 4.69) is 12.2 Å². The topological polar surface area (TPSA) is 78.7 Å². The number of rotatable bonds is 8. The molecule has 1 aliphatic heterocycles. The van der Waals surface area contributed by atoms with E-state index in [9.17, 15) is 9.59 Å². The summed E-state index contributed by atoms with van der Waals surface area (Å²) in [6.45, 7) is 4.45. The number of hydrogen-bond donors (Lipinski definition) is 2. The van der Waals surface area contributed by atoms with E-state index in [1.807, 2.05) is 24.3 Å². The maximum absolute atomic E-state index is 12.3. The molecule has 6 nitrogen and oxygen atoms in total. The van der Waals surface area contributed by atoms with Crippen molar-refractivity contribution in [3.63, 3.8) is 0 Å². The van der Waals surface area contributed by atoms with Crippen LogP contribution >= 0.6 is 12.2 Å². The fraction of sp³-hybridized carbons (Fsp3) is 0.500. The average Bonchev–Trinajstić information content (AvgIpc) is 2.59. The molecule has 0 aromatic heterocycles. The number of piperazine rings is 1. The summed E-state index contributed by atoms with van der Waals surface area (Å²) in [5.74, 6) is -0.790. The first-order chi connectivity index (χ1) is 12.0. The molecular weight excluding hydrogens is 336 g/mol. The molecule has 0 aliphatic carbocycles. The molecule has 0 atom stereocenters. The summed E-state index contributed by atoms with van der Waals surface area (Å²) < 4.78 is 0. The molecular formula is C18H26N4O2S. The van der Waals surface area contributed by atoms with Gasteiger partial charge in [-0.2, -0.15) is 0 Å². The van der Waals surface area contributed by atoms with E-state index >= 15 is 0 Å². The van der Waals surface area contributed by atoms with Gasteiger partial charge in [0.15, 0.2) is 5.11 Å². The second-order valence-electron chi connectivity index (χ2n) is 6.27. The fourth-order valence-electron chi connectivity index (χ4n) is 2.86. The molecule has 0 spiro atoms. The van der Waals surface area contributed by atoms with Crippen molar-refractivity contribution in [1.82, 2.24) is 9.80 Å². The van der Waals surface area contributed by atoms with Crippen LogP contribution in [-0.2, 0) is 16.1 Å². The predicted molar refractivity (Wildman–Crippen MR) is 103 cm³/mol. The number of nitrogens with zero attached hydrogens (tertiary/aromatic N) is 2. The Morgan fingerprint density at radius 1 is 1.08 bits per heavy atom. The van der Waals surface area contributed by atoms with Crippen LogP contribution in [0.2, 0.25) is 0 Å². The first kappa shape index (κ1) is 19.2. The van der Waals surface area contributed by atoms with Gasteiger partial charge in [-0.25, -0.2) is 0 Å². The Bertz CT molecular complexity index is 618. The third kappa shape index (κ3) is 5.70. The van der Waals surface area contributed by atoms with Crippen molar-refractivity contribution >= 4 is 34.8 Å². The van der Waals surface area contributed by atoms with Crippen molar-refractivity contribution in [1.29, 1.82) is 0 Å². The molecule has 1 aromatic carbocycles. The minimum atomic E-state index is -0.410. The number of benzene rings is 1. The quantitative estimate of drug-likeness (QED) is 0.421. The van der Waals surface area contributed by atoms with Crippen LogP contribution in [0.4, 0.5) is 5.69 Å². The molecule has 2 rings (SSSR count). The number of anilines is 1. The molecule has 7 heteroatoms.